The summed E-state index contributed by atoms with van der Waals surface area (Å²) in [5.74, 6) is 0. The zero-order valence-electron chi connectivity index (χ0n) is 7.77. The average molecular weight is 206 g/mol. The van der Waals surface area contributed by atoms with Crippen LogP contribution in [0.1, 0.15) is 11.3 Å². The Bertz CT molecular complexity index is 468. The van der Waals surface area contributed by atoms with Crippen molar-refractivity contribution in [2.45, 2.75) is 13.5 Å². The van der Waals surface area contributed by atoms with Crippen LogP contribution in [0.4, 0.5) is 0 Å². The SMILES string of the molecule is Cc1ccc(Cn2cn[nH]c2=S)nc1. The zero-order chi connectivity index (χ0) is 9.97. The van der Waals surface area contributed by atoms with E-state index in [4.69, 9.17) is 12.2 Å². The van der Waals surface area contributed by atoms with Crippen LogP contribution in [-0.2, 0) is 6.54 Å². The van der Waals surface area contributed by atoms with Crippen molar-refractivity contribution in [1.82, 2.24) is 19.7 Å². The van der Waals surface area contributed by atoms with Gasteiger partial charge in [-0.1, -0.05) is 6.07 Å². The highest BCUT2D eigenvalue weighted by atomic mass is 32.1. The standard InChI is InChI=1S/C9H10N4S/c1-7-2-3-8(10-4-7)5-13-6-11-12-9(13)14/h2-4,6H,5H2,1H3,(H,12,14). The van der Waals surface area contributed by atoms with Gasteiger partial charge in [0, 0.05) is 6.20 Å². The zero-order valence-corrected chi connectivity index (χ0v) is 8.58. The van der Waals surface area contributed by atoms with Crippen LogP contribution in [0.5, 0.6) is 0 Å². The van der Waals surface area contributed by atoms with Gasteiger partial charge in [0.25, 0.3) is 0 Å². The molecule has 0 aliphatic carbocycles. The van der Waals surface area contributed by atoms with E-state index < -0.39 is 0 Å². The second-order valence-electron chi connectivity index (χ2n) is 3.12. The van der Waals surface area contributed by atoms with Gasteiger partial charge in [0.05, 0.1) is 12.2 Å². The van der Waals surface area contributed by atoms with Crippen LogP contribution in [0, 0.1) is 11.7 Å². The fourth-order valence-electron chi connectivity index (χ4n) is 1.15. The first kappa shape index (κ1) is 9.08. The quantitative estimate of drug-likeness (QED) is 0.761. The molecule has 0 fully saturated rings. The summed E-state index contributed by atoms with van der Waals surface area (Å²) in [6, 6.07) is 4.02. The minimum Gasteiger partial charge on any atom is -0.301 e. The lowest BCUT2D eigenvalue weighted by atomic mass is 10.3. The lowest BCUT2D eigenvalue weighted by Crippen LogP contribution is -2.00. The first-order chi connectivity index (χ1) is 6.75. The van der Waals surface area contributed by atoms with E-state index in [2.05, 4.69) is 15.2 Å². The van der Waals surface area contributed by atoms with Crippen molar-refractivity contribution in [2.75, 3.05) is 0 Å². The van der Waals surface area contributed by atoms with Gasteiger partial charge in [-0.25, -0.2) is 0 Å². The van der Waals surface area contributed by atoms with Crippen molar-refractivity contribution < 1.29 is 0 Å². The highest BCUT2D eigenvalue weighted by molar-refractivity contribution is 7.71. The van der Waals surface area contributed by atoms with Crippen molar-refractivity contribution >= 4 is 12.2 Å². The topological polar surface area (TPSA) is 46.5 Å². The van der Waals surface area contributed by atoms with Crippen LogP contribution in [0.25, 0.3) is 0 Å². The number of nitrogens with zero attached hydrogens (tertiary/aromatic N) is 3. The van der Waals surface area contributed by atoms with Crippen molar-refractivity contribution in [2.24, 2.45) is 0 Å². The third-order valence-corrected chi connectivity index (χ3v) is 2.25. The Kier molecular flexibility index (Phi) is 2.41. The molecule has 0 unspecified atom stereocenters. The summed E-state index contributed by atoms with van der Waals surface area (Å²) in [6.45, 7) is 2.68. The number of pyridine rings is 1. The molecule has 0 aromatic carbocycles. The molecular weight excluding hydrogens is 196 g/mol. The summed E-state index contributed by atoms with van der Waals surface area (Å²) in [5, 5.41) is 6.54. The summed E-state index contributed by atoms with van der Waals surface area (Å²) in [6.07, 6.45) is 3.52. The van der Waals surface area contributed by atoms with Crippen molar-refractivity contribution in [3.05, 3.63) is 40.7 Å². The second-order valence-corrected chi connectivity index (χ2v) is 3.50. The first-order valence-electron chi connectivity index (χ1n) is 4.27. The van der Waals surface area contributed by atoms with E-state index in [0.717, 1.165) is 11.3 Å². The summed E-state index contributed by atoms with van der Waals surface area (Å²) >= 11 is 5.03. The Hall–Kier alpha value is -1.49. The van der Waals surface area contributed by atoms with Gasteiger partial charge in [0.1, 0.15) is 6.33 Å². The van der Waals surface area contributed by atoms with Crippen molar-refractivity contribution in [1.29, 1.82) is 0 Å². The maximum Gasteiger partial charge on any atom is 0.195 e. The molecule has 0 aliphatic rings. The van der Waals surface area contributed by atoms with Crippen LogP contribution in [-0.4, -0.2) is 19.7 Å². The first-order valence-corrected chi connectivity index (χ1v) is 4.68. The monoisotopic (exact) mass is 206 g/mol. The number of H-pyrrole nitrogens is 1. The Balaban J connectivity index is 2.23. The Morgan fingerprint density at radius 3 is 2.93 bits per heavy atom. The number of aromatic amines is 1. The molecule has 0 saturated heterocycles. The summed E-state index contributed by atoms with van der Waals surface area (Å²) in [4.78, 5) is 4.29. The van der Waals surface area contributed by atoms with Crippen LogP contribution >= 0.6 is 12.2 Å². The summed E-state index contributed by atoms with van der Waals surface area (Å²) < 4.78 is 2.46. The van der Waals surface area contributed by atoms with Crippen LogP contribution in [0.15, 0.2) is 24.7 Å². The van der Waals surface area contributed by atoms with Gasteiger partial charge in [-0.15, -0.1) is 0 Å². The highest BCUT2D eigenvalue weighted by Crippen LogP contribution is 2.01. The van der Waals surface area contributed by atoms with E-state index in [-0.39, 0.29) is 0 Å². The third kappa shape index (κ3) is 1.88. The molecule has 0 spiro atoms. The molecular formula is C9H10N4S. The molecule has 14 heavy (non-hydrogen) atoms. The van der Waals surface area contributed by atoms with E-state index >= 15 is 0 Å². The Labute approximate surface area is 86.6 Å². The molecule has 0 bridgehead atoms. The number of nitrogens with one attached hydrogen (secondary N) is 1. The average Bonchev–Trinajstić information content (AvgIpc) is 2.56. The number of aromatic nitrogens is 4. The number of hydrogen-bond acceptors (Lipinski definition) is 3. The molecule has 5 heteroatoms. The maximum absolute atomic E-state index is 5.03. The molecule has 0 aliphatic heterocycles. The fourth-order valence-corrected chi connectivity index (χ4v) is 1.31. The second kappa shape index (κ2) is 3.71. The predicted octanol–water partition coefficient (Wildman–Crippen LogP) is 1.69. The molecule has 2 rings (SSSR count). The molecule has 4 nitrogen and oxygen atoms in total. The van der Waals surface area contributed by atoms with E-state index in [1.54, 1.807) is 6.33 Å². The third-order valence-electron chi connectivity index (χ3n) is 1.92. The van der Waals surface area contributed by atoms with Gasteiger partial charge in [0.15, 0.2) is 4.77 Å². The Morgan fingerprint density at radius 1 is 1.50 bits per heavy atom. The van der Waals surface area contributed by atoms with Crippen LogP contribution in [0.3, 0.4) is 0 Å². The minimum absolute atomic E-state index is 0.618. The fraction of sp³-hybridized carbons (Fsp3) is 0.222. The minimum atomic E-state index is 0.618. The van der Waals surface area contributed by atoms with Gasteiger partial charge < -0.3 is 4.57 Å². The van der Waals surface area contributed by atoms with Gasteiger partial charge in [-0.3, -0.25) is 10.1 Å². The van der Waals surface area contributed by atoms with Crippen molar-refractivity contribution in [3.63, 3.8) is 0 Å². The van der Waals surface area contributed by atoms with Gasteiger partial charge in [-0.2, -0.15) is 5.10 Å². The maximum atomic E-state index is 5.03. The molecule has 0 radical (unpaired) electrons. The molecule has 0 saturated carbocycles. The molecule has 2 heterocycles. The molecule has 72 valence electrons. The molecule has 0 amide bonds. The number of rotatable bonds is 2. The summed E-state index contributed by atoms with van der Waals surface area (Å²) in [7, 11) is 0. The molecule has 2 aromatic heterocycles. The van der Waals surface area contributed by atoms with Gasteiger partial charge in [0.2, 0.25) is 0 Å². The van der Waals surface area contributed by atoms with E-state index in [1.807, 2.05) is 29.8 Å². The normalized spacial score (nSPS) is 10.4. The summed E-state index contributed by atoms with van der Waals surface area (Å²) in [5.41, 5.74) is 2.14. The number of hydrogen-bond donors (Lipinski definition) is 1. The molecule has 2 aromatic rings. The van der Waals surface area contributed by atoms with Crippen molar-refractivity contribution in [3.8, 4) is 0 Å². The Morgan fingerprint density at radius 2 is 2.36 bits per heavy atom. The smallest absolute Gasteiger partial charge is 0.195 e. The predicted molar refractivity (Wildman–Crippen MR) is 55.5 cm³/mol. The van der Waals surface area contributed by atoms with Crippen LogP contribution in [0.2, 0.25) is 0 Å². The van der Waals surface area contributed by atoms with Gasteiger partial charge >= 0.3 is 0 Å². The largest absolute Gasteiger partial charge is 0.301 e. The van der Waals surface area contributed by atoms with Crippen LogP contribution < -0.4 is 0 Å². The molecule has 1 N–H and O–H groups in total. The lowest BCUT2D eigenvalue weighted by Gasteiger charge is -2.00. The van der Waals surface area contributed by atoms with Gasteiger partial charge in [-0.05, 0) is 30.8 Å². The molecule has 0 atom stereocenters. The van der Waals surface area contributed by atoms with E-state index in [1.165, 1.54) is 0 Å². The number of aryl methyl sites for hydroxylation is 1. The lowest BCUT2D eigenvalue weighted by molar-refractivity contribution is 0.759. The highest BCUT2D eigenvalue weighted by Gasteiger charge is 1.97. The van der Waals surface area contributed by atoms with E-state index in [9.17, 15) is 0 Å². The van der Waals surface area contributed by atoms with E-state index in [0.29, 0.717) is 11.3 Å².